The quantitative estimate of drug-likeness (QED) is 0.578. The Hall–Kier alpha value is -3.55. The van der Waals surface area contributed by atoms with E-state index in [-0.39, 0.29) is 22.5 Å². The summed E-state index contributed by atoms with van der Waals surface area (Å²) in [5, 5.41) is 22.0. The predicted octanol–water partition coefficient (Wildman–Crippen LogP) is 3.32. The van der Waals surface area contributed by atoms with Crippen LogP contribution in [-0.2, 0) is 5.41 Å². The number of primary amides is 1. The van der Waals surface area contributed by atoms with Crippen LogP contribution in [0.3, 0.4) is 0 Å². The average Bonchev–Trinajstić information content (AvgIpc) is 2.70. The number of nitrogens with zero attached hydrogens (tertiary/aromatic N) is 3. The highest BCUT2D eigenvalue weighted by Gasteiger charge is 2.41. The minimum absolute atomic E-state index is 0.0401. The van der Waals surface area contributed by atoms with Crippen molar-refractivity contribution in [1.82, 2.24) is 15.2 Å². The maximum absolute atomic E-state index is 14.3. The van der Waals surface area contributed by atoms with Gasteiger partial charge in [-0.3, -0.25) is 9.78 Å². The molecule has 7 nitrogen and oxygen atoms in total. The van der Waals surface area contributed by atoms with E-state index in [1.165, 1.54) is 12.1 Å². The number of halogens is 1. The molecule has 2 heterocycles. The molecule has 1 amide bonds. The molecule has 0 atom stereocenters. The van der Waals surface area contributed by atoms with Gasteiger partial charge in [0.25, 0.3) is 5.91 Å². The van der Waals surface area contributed by atoms with E-state index in [2.05, 4.69) is 20.5 Å². The van der Waals surface area contributed by atoms with E-state index >= 15 is 0 Å². The van der Waals surface area contributed by atoms with Crippen LogP contribution in [0.15, 0.2) is 42.6 Å². The molecule has 0 aliphatic heterocycles. The zero-order chi connectivity index (χ0) is 21.3. The number of carbonyl (C=O) groups is 1. The van der Waals surface area contributed by atoms with Gasteiger partial charge in [0.1, 0.15) is 17.4 Å². The number of aromatic hydroxyl groups is 1. The lowest BCUT2D eigenvalue weighted by Crippen LogP contribution is -2.42. The lowest BCUT2D eigenvalue weighted by atomic mass is 9.66. The summed E-state index contributed by atoms with van der Waals surface area (Å²) in [4.78, 5) is 15.8. The van der Waals surface area contributed by atoms with Crippen molar-refractivity contribution in [2.75, 3.05) is 11.9 Å². The zero-order valence-corrected chi connectivity index (χ0v) is 16.5. The van der Waals surface area contributed by atoms with Gasteiger partial charge in [-0.1, -0.05) is 6.42 Å². The fraction of sp³-hybridized carbons (Fsp3) is 0.273. The summed E-state index contributed by atoms with van der Waals surface area (Å²) in [6, 6.07) is 9.70. The molecule has 0 bridgehead atoms. The third kappa shape index (κ3) is 3.56. The minimum Gasteiger partial charge on any atom is -0.506 e. The highest BCUT2D eigenvalue weighted by molar-refractivity contribution is 5.98. The number of benzene rings is 1. The summed E-state index contributed by atoms with van der Waals surface area (Å²) in [5.74, 6) is -0.692. The molecule has 1 saturated carbocycles. The lowest BCUT2D eigenvalue weighted by Gasteiger charge is -2.41. The van der Waals surface area contributed by atoms with Crippen LogP contribution in [0.2, 0.25) is 0 Å². The van der Waals surface area contributed by atoms with E-state index < -0.39 is 5.91 Å². The normalized spacial score (nSPS) is 14.7. The summed E-state index contributed by atoms with van der Waals surface area (Å²) in [6.45, 7) is 2.30. The van der Waals surface area contributed by atoms with Crippen molar-refractivity contribution in [1.29, 1.82) is 0 Å². The number of amides is 1. The first-order valence-corrected chi connectivity index (χ1v) is 9.72. The number of phenols is 1. The molecule has 0 radical (unpaired) electrons. The third-order valence-electron chi connectivity index (χ3n) is 5.64. The van der Waals surface area contributed by atoms with E-state index in [0.29, 0.717) is 29.3 Å². The Morgan fingerprint density at radius 3 is 2.67 bits per heavy atom. The van der Waals surface area contributed by atoms with Crippen LogP contribution in [0.25, 0.3) is 11.3 Å². The number of rotatable bonds is 6. The van der Waals surface area contributed by atoms with Crippen LogP contribution < -0.4 is 11.1 Å². The van der Waals surface area contributed by atoms with E-state index in [1.54, 1.807) is 37.4 Å². The molecular formula is C22H22FN5O2. The summed E-state index contributed by atoms with van der Waals surface area (Å²) in [6.07, 6.45) is 4.35. The molecule has 0 unspecified atom stereocenters. The summed E-state index contributed by atoms with van der Waals surface area (Å²) < 4.78 is 14.3. The van der Waals surface area contributed by atoms with Crippen LogP contribution in [0.5, 0.6) is 5.75 Å². The maximum atomic E-state index is 14.3. The highest BCUT2D eigenvalue weighted by Crippen LogP contribution is 2.43. The first-order valence-electron chi connectivity index (χ1n) is 9.72. The first-order chi connectivity index (χ1) is 14.4. The number of hydrogen-bond acceptors (Lipinski definition) is 6. The topological polar surface area (TPSA) is 114 Å². The molecule has 2 aromatic heterocycles. The fourth-order valence-electron chi connectivity index (χ4n) is 3.87. The van der Waals surface area contributed by atoms with Crippen molar-refractivity contribution in [3.63, 3.8) is 0 Å². The summed E-state index contributed by atoms with van der Waals surface area (Å²) in [7, 11) is 0. The molecule has 4 rings (SSSR count). The van der Waals surface area contributed by atoms with Gasteiger partial charge < -0.3 is 16.2 Å². The number of nitrogens with two attached hydrogens (primary N) is 1. The Morgan fingerprint density at radius 1 is 1.27 bits per heavy atom. The molecule has 1 aromatic carbocycles. The van der Waals surface area contributed by atoms with Crippen molar-refractivity contribution in [2.24, 2.45) is 5.73 Å². The number of hydrogen-bond donors (Lipinski definition) is 3. The Labute approximate surface area is 173 Å². The monoisotopic (exact) mass is 407 g/mol. The first kappa shape index (κ1) is 19.8. The molecule has 154 valence electrons. The second-order valence-corrected chi connectivity index (χ2v) is 7.70. The van der Waals surface area contributed by atoms with Gasteiger partial charge in [-0.15, -0.1) is 10.2 Å². The molecule has 1 aliphatic rings. The molecule has 0 spiro atoms. The number of aryl methyl sites for hydroxylation is 1. The van der Waals surface area contributed by atoms with Crippen molar-refractivity contribution in [3.8, 4) is 17.0 Å². The number of aromatic nitrogens is 3. The Morgan fingerprint density at radius 2 is 2.07 bits per heavy atom. The Balaban J connectivity index is 1.54. The van der Waals surface area contributed by atoms with Crippen LogP contribution in [0.1, 0.15) is 40.9 Å². The predicted molar refractivity (Wildman–Crippen MR) is 111 cm³/mol. The van der Waals surface area contributed by atoms with Crippen LogP contribution in [-0.4, -0.2) is 32.7 Å². The number of carbonyl (C=O) groups excluding carboxylic acids is 1. The molecule has 8 heteroatoms. The number of pyridine rings is 1. The fourth-order valence-corrected chi connectivity index (χ4v) is 3.87. The third-order valence-corrected chi connectivity index (χ3v) is 5.64. The molecule has 1 aliphatic carbocycles. The molecule has 0 saturated heterocycles. The Bertz CT molecular complexity index is 1100. The average molecular weight is 407 g/mol. The van der Waals surface area contributed by atoms with Gasteiger partial charge in [0.05, 0.1) is 17.0 Å². The van der Waals surface area contributed by atoms with Crippen molar-refractivity contribution < 1.29 is 14.3 Å². The molecule has 1 fully saturated rings. The van der Waals surface area contributed by atoms with Gasteiger partial charge in [0.2, 0.25) is 0 Å². The van der Waals surface area contributed by atoms with Crippen molar-refractivity contribution in [3.05, 3.63) is 65.2 Å². The second-order valence-electron chi connectivity index (χ2n) is 7.70. The van der Waals surface area contributed by atoms with Gasteiger partial charge in [-0.25, -0.2) is 4.39 Å². The SMILES string of the molecule is Cc1cc(C(N)=O)c(O)c(-c2ccc(NCC3(c4ncccc4F)CCC3)nn2)c1. The number of nitrogens with one attached hydrogen (secondary N) is 1. The smallest absolute Gasteiger partial charge is 0.252 e. The highest BCUT2D eigenvalue weighted by atomic mass is 19.1. The maximum Gasteiger partial charge on any atom is 0.252 e. The van der Waals surface area contributed by atoms with Gasteiger partial charge in [0, 0.05) is 23.7 Å². The largest absolute Gasteiger partial charge is 0.506 e. The van der Waals surface area contributed by atoms with Gasteiger partial charge in [0.15, 0.2) is 0 Å². The van der Waals surface area contributed by atoms with Crippen LogP contribution in [0, 0.1) is 12.7 Å². The molecule has 4 N–H and O–H groups in total. The van der Waals surface area contributed by atoms with Gasteiger partial charge in [-0.2, -0.15) is 0 Å². The van der Waals surface area contributed by atoms with E-state index in [0.717, 1.165) is 24.8 Å². The Kier molecular flexibility index (Phi) is 5.07. The van der Waals surface area contributed by atoms with E-state index in [9.17, 15) is 14.3 Å². The molecule has 30 heavy (non-hydrogen) atoms. The summed E-state index contributed by atoms with van der Waals surface area (Å²) >= 11 is 0. The minimum atomic E-state index is -0.712. The lowest BCUT2D eigenvalue weighted by molar-refractivity contribution is 0.0997. The molecular weight excluding hydrogens is 385 g/mol. The molecule has 3 aromatic rings. The van der Waals surface area contributed by atoms with Crippen LogP contribution >= 0.6 is 0 Å². The van der Waals surface area contributed by atoms with Crippen LogP contribution in [0.4, 0.5) is 10.2 Å². The standard InChI is InChI=1S/C22H22FN5O2/c1-13-10-14(19(29)15(11-13)21(24)30)17-5-6-18(28-27-17)26-12-22(7-3-8-22)20-16(23)4-2-9-25-20/h2,4-6,9-11,29H,3,7-8,12H2,1H3,(H2,24,30)(H,26,28). The van der Waals surface area contributed by atoms with Gasteiger partial charge >= 0.3 is 0 Å². The van der Waals surface area contributed by atoms with Gasteiger partial charge in [-0.05, 0) is 61.7 Å². The second kappa shape index (κ2) is 7.70. The number of anilines is 1. The summed E-state index contributed by atoms with van der Waals surface area (Å²) in [5.41, 5.74) is 7.08. The van der Waals surface area contributed by atoms with Crippen molar-refractivity contribution >= 4 is 11.7 Å². The van der Waals surface area contributed by atoms with E-state index in [1.807, 2.05) is 0 Å². The van der Waals surface area contributed by atoms with Crippen molar-refractivity contribution in [2.45, 2.75) is 31.6 Å². The van der Waals surface area contributed by atoms with E-state index in [4.69, 9.17) is 5.73 Å². The zero-order valence-electron chi connectivity index (χ0n) is 16.5.